The second kappa shape index (κ2) is 6.87. The van der Waals surface area contributed by atoms with Crippen LogP contribution in [0.15, 0.2) is 23.1 Å². The van der Waals surface area contributed by atoms with Gasteiger partial charge in [-0.3, -0.25) is 0 Å². The molecule has 0 fully saturated rings. The predicted molar refractivity (Wildman–Crippen MR) is 78.5 cm³/mol. The van der Waals surface area contributed by atoms with Crippen molar-refractivity contribution in [3.63, 3.8) is 0 Å². The Hall–Kier alpha value is -0.660. The second-order valence-electron chi connectivity index (χ2n) is 4.97. The summed E-state index contributed by atoms with van der Waals surface area (Å²) in [6, 6.07) is 4.66. The molecule has 0 heterocycles. The van der Waals surface area contributed by atoms with E-state index < -0.39 is 15.6 Å². The van der Waals surface area contributed by atoms with Crippen LogP contribution in [0.25, 0.3) is 0 Å². The molecule has 20 heavy (non-hydrogen) atoms. The van der Waals surface area contributed by atoms with Crippen molar-refractivity contribution in [1.82, 2.24) is 4.72 Å². The summed E-state index contributed by atoms with van der Waals surface area (Å²) < 4.78 is 31.7. The summed E-state index contributed by atoms with van der Waals surface area (Å²) in [7, 11) is -2.18. The van der Waals surface area contributed by atoms with Crippen molar-refractivity contribution in [1.29, 1.82) is 0 Å². The van der Waals surface area contributed by atoms with Crippen LogP contribution in [0.3, 0.4) is 0 Å². The lowest BCUT2D eigenvalue weighted by molar-refractivity contribution is 0.0292. The van der Waals surface area contributed by atoms with Gasteiger partial charge >= 0.3 is 0 Å². The largest absolute Gasteiger partial charge is 0.389 e. The van der Waals surface area contributed by atoms with Gasteiger partial charge in [0, 0.05) is 31.7 Å². The molecule has 0 spiro atoms. The SMILES string of the molecule is COCCC(C)(O)CNS(=O)(=O)c1cc(Cl)ccc1C. The summed E-state index contributed by atoms with van der Waals surface area (Å²) >= 11 is 5.82. The first-order chi connectivity index (χ1) is 9.18. The molecular weight excluding hydrogens is 302 g/mol. The zero-order valence-corrected chi connectivity index (χ0v) is 13.4. The highest BCUT2D eigenvalue weighted by atomic mass is 35.5. The lowest BCUT2D eigenvalue weighted by Crippen LogP contribution is -2.41. The van der Waals surface area contributed by atoms with Crippen LogP contribution in [0.2, 0.25) is 5.02 Å². The van der Waals surface area contributed by atoms with Gasteiger partial charge in [-0.25, -0.2) is 13.1 Å². The highest BCUT2D eigenvalue weighted by molar-refractivity contribution is 7.89. The molecule has 0 aromatic heterocycles. The molecule has 7 heteroatoms. The number of rotatable bonds is 7. The van der Waals surface area contributed by atoms with Crippen LogP contribution in [-0.4, -0.2) is 39.4 Å². The number of ether oxygens (including phenoxy) is 1. The van der Waals surface area contributed by atoms with Crippen LogP contribution in [0.5, 0.6) is 0 Å². The lowest BCUT2D eigenvalue weighted by Gasteiger charge is -2.23. The molecule has 0 saturated heterocycles. The van der Waals surface area contributed by atoms with Crippen LogP contribution in [-0.2, 0) is 14.8 Å². The van der Waals surface area contributed by atoms with Crippen molar-refractivity contribution in [2.45, 2.75) is 30.8 Å². The molecule has 1 aromatic rings. The zero-order chi connectivity index (χ0) is 15.4. The Bertz CT molecular complexity index is 557. The number of nitrogens with one attached hydrogen (secondary N) is 1. The Labute approximate surface area is 125 Å². The summed E-state index contributed by atoms with van der Waals surface area (Å²) in [6.07, 6.45) is 0.334. The topological polar surface area (TPSA) is 75.6 Å². The number of aliphatic hydroxyl groups is 1. The highest BCUT2D eigenvalue weighted by Crippen LogP contribution is 2.20. The molecule has 0 amide bonds. The van der Waals surface area contributed by atoms with Gasteiger partial charge in [0.2, 0.25) is 10.0 Å². The smallest absolute Gasteiger partial charge is 0.240 e. The third-order valence-corrected chi connectivity index (χ3v) is 4.71. The first-order valence-corrected chi connectivity index (χ1v) is 8.01. The van der Waals surface area contributed by atoms with Gasteiger partial charge in [-0.2, -0.15) is 0 Å². The number of halogens is 1. The highest BCUT2D eigenvalue weighted by Gasteiger charge is 2.25. The van der Waals surface area contributed by atoms with E-state index in [-0.39, 0.29) is 11.4 Å². The molecule has 1 atom stereocenters. The van der Waals surface area contributed by atoms with Gasteiger partial charge in [-0.1, -0.05) is 17.7 Å². The summed E-state index contributed by atoms with van der Waals surface area (Å²) in [5.41, 5.74) is -0.575. The third-order valence-electron chi connectivity index (χ3n) is 2.93. The van der Waals surface area contributed by atoms with Gasteiger partial charge in [0.15, 0.2) is 0 Å². The Morgan fingerprint density at radius 1 is 1.45 bits per heavy atom. The average molecular weight is 322 g/mol. The van der Waals surface area contributed by atoms with E-state index in [1.54, 1.807) is 26.0 Å². The first kappa shape index (κ1) is 17.4. The van der Waals surface area contributed by atoms with E-state index in [1.165, 1.54) is 13.2 Å². The van der Waals surface area contributed by atoms with Crippen molar-refractivity contribution in [3.05, 3.63) is 28.8 Å². The third kappa shape index (κ3) is 5.03. The lowest BCUT2D eigenvalue weighted by atomic mass is 10.0. The van der Waals surface area contributed by atoms with E-state index in [0.29, 0.717) is 23.6 Å². The number of hydrogen-bond acceptors (Lipinski definition) is 4. The van der Waals surface area contributed by atoms with Crippen molar-refractivity contribution in [2.24, 2.45) is 0 Å². The second-order valence-corrected chi connectivity index (χ2v) is 7.15. The van der Waals surface area contributed by atoms with Gasteiger partial charge in [0.05, 0.1) is 10.5 Å². The standard InChI is InChI=1S/C13H20ClNO4S/c1-10-4-5-11(14)8-12(10)20(17,18)15-9-13(2,16)6-7-19-3/h4-5,8,15-16H,6-7,9H2,1-3H3. The fourth-order valence-electron chi connectivity index (χ4n) is 1.60. The minimum atomic E-state index is -3.71. The minimum Gasteiger partial charge on any atom is -0.389 e. The zero-order valence-electron chi connectivity index (χ0n) is 11.8. The summed E-state index contributed by atoms with van der Waals surface area (Å²) in [5, 5.41) is 10.4. The van der Waals surface area contributed by atoms with Gasteiger partial charge in [0.25, 0.3) is 0 Å². The van der Waals surface area contributed by atoms with Gasteiger partial charge in [0.1, 0.15) is 0 Å². The summed E-state index contributed by atoms with van der Waals surface area (Å²) in [4.78, 5) is 0.118. The molecule has 1 unspecified atom stereocenters. The van der Waals surface area contributed by atoms with Crippen LogP contribution in [0.4, 0.5) is 0 Å². The maximum absolute atomic E-state index is 12.2. The molecule has 1 aromatic carbocycles. The van der Waals surface area contributed by atoms with Crippen LogP contribution >= 0.6 is 11.6 Å². The minimum absolute atomic E-state index is 0.0926. The number of sulfonamides is 1. The predicted octanol–water partition coefficient (Wildman–Crippen LogP) is 1.71. The maximum Gasteiger partial charge on any atom is 0.240 e. The van der Waals surface area contributed by atoms with E-state index in [9.17, 15) is 13.5 Å². The molecule has 5 nitrogen and oxygen atoms in total. The van der Waals surface area contributed by atoms with E-state index in [1.807, 2.05) is 0 Å². The van der Waals surface area contributed by atoms with Gasteiger partial charge in [-0.15, -0.1) is 0 Å². The van der Waals surface area contributed by atoms with Gasteiger partial charge in [-0.05, 0) is 31.5 Å². The van der Waals surface area contributed by atoms with Crippen molar-refractivity contribution >= 4 is 21.6 Å². The van der Waals surface area contributed by atoms with Crippen molar-refractivity contribution < 1.29 is 18.3 Å². The molecule has 0 aliphatic heterocycles. The summed E-state index contributed by atoms with van der Waals surface area (Å²) in [6.45, 7) is 3.50. The van der Waals surface area contributed by atoms with Crippen LogP contribution in [0.1, 0.15) is 18.9 Å². The Kier molecular flexibility index (Phi) is 5.97. The molecule has 1 rings (SSSR count). The molecule has 0 radical (unpaired) electrons. The molecule has 2 N–H and O–H groups in total. The summed E-state index contributed by atoms with van der Waals surface area (Å²) in [5.74, 6) is 0. The number of hydrogen-bond donors (Lipinski definition) is 2. The normalized spacial score (nSPS) is 15.1. The molecule has 0 aliphatic rings. The van der Waals surface area contributed by atoms with Crippen molar-refractivity contribution in [2.75, 3.05) is 20.3 Å². The Balaban J connectivity index is 2.83. The van der Waals surface area contributed by atoms with E-state index in [2.05, 4.69) is 4.72 Å². The average Bonchev–Trinajstić information content (AvgIpc) is 2.37. The molecule has 0 saturated carbocycles. The van der Waals surface area contributed by atoms with Crippen LogP contribution in [0, 0.1) is 6.92 Å². The van der Waals surface area contributed by atoms with Gasteiger partial charge < -0.3 is 9.84 Å². The fourth-order valence-corrected chi connectivity index (χ4v) is 3.27. The fraction of sp³-hybridized carbons (Fsp3) is 0.538. The Morgan fingerprint density at radius 2 is 2.10 bits per heavy atom. The van der Waals surface area contributed by atoms with E-state index in [0.717, 1.165) is 0 Å². The Morgan fingerprint density at radius 3 is 2.70 bits per heavy atom. The first-order valence-electron chi connectivity index (χ1n) is 6.15. The number of methoxy groups -OCH3 is 1. The molecule has 114 valence electrons. The molecule has 0 aliphatic carbocycles. The van der Waals surface area contributed by atoms with E-state index >= 15 is 0 Å². The number of benzene rings is 1. The number of aryl methyl sites for hydroxylation is 1. The quantitative estimate of drug-likeness (QED) is 0.801. The maximum atomic E-state index is 12.2. The molecule has 0 bridgehead atoms. The van der Waals surface area contributed by atoms with E-state index in [4.69, 9.17) is 16.3 Å². The molecular formula is C13H20ClNO4S. The monoisotopic (exact) mass is 321 g/mol. The van der Waals surface area contributed by atoms with Crippen LogP contribution < -0.4 is 4.72 Å². The van der Waals surface area contributed by atoms with Crippen molar-refractivity contribution in [3.8, 4) is 0 Å².